The van der Waals surface area contributed by atoms with Crippen LogP contribution < -0.4 is 15.4 Å². The van der Waals surface area contributed by atoms with Crippen molar-refractivity contribution in [3.05, 3.63) is 45.8 Å². The van der Waals surface area contributed by atoms with E-state index in [1.54, 1.807) is 20.8 Å². The van der Waals surface area contributed by atoms with Gasteiger partial charge < -0.3 is 24.8 Å². The summed E-state index contributed by atoms with van der Waals surface area (Å²) >= 11 is 6.57. The lowest BCUT2D eigenvalue weighted by Gasteiger charge is -2.18. The lowest BCUT2D eigenvalue weighted by Crippen LogP contribution is -2.31. The Morgan fingerprint density at radius 3 is 2.23 bits per heavy atom. The van der Waals surface area contributed by atoms with Crippen molar-refractivity contribution in [3.63, 3.8) is 0 Å². The number of carbonyl (C=O) groups is 2. The molecule has 0 fully saturated rings. The molecule has 0 bridgehead atoms. The molecule has 0 saturated heterocycles. The molecule has 0 spiro atoms. The van der Waals surface area contributed by atoms with Crippen LogP contribution in [0, 0.1) is 6.92 Å². The Labute approximate surface area is 192 Å². The number of hydrogen-bond donors (Lipinski definition) is 2. The van der Waals surface area contributed by atoms with Gasteiger partial charge >= 0.3 is 11.9 Å². The molecule has 31 heavy (non-hydrogen) atoms. The summed E-state index contributed by atoms with van der Waals surface area (Å²) < 4.78 is 15.7. The summed E-state index contributed by atoms with van der Waals surface area (Å²) in [7, 11) is 0. The number of nitrogens with one attached hydrogen (secondary N) is 2. The first-order valence-electron chi connectivity index (χ1n) is 10.1. The Morgan fingerprint density at radius 2 is 1.65 bits per heavy atom. The highest BCUT2D eigenvalue weighted by atomic mass is 32.1. The van der Waals surface area contributed by atoms with Crippen LogP contribution >= 0.6 is 23.6 Å². The molecular weight excluding hydrogens is 436 g/mol. The fourth-order valence-electron chi connectivity index (χ4n) is 2.88. The van der Waals surface area contributed by atoms with E-state index in [4.69, 9.17) is 26.4 Å². The highest BCUT2D eigenvalue weighted by molar-refractivity contribution is 7.80. The molecule has 0 aliphatic rings. The number of thiocarbonyl (C=S) groups is 1. The number of carbonyl (C=O) groups excluding carboxylic acids is 2. The molecule has 0 saturated carbocycles. The number of benzene rings is 1. The lowest BCUT2D eigenvalue weighted by molar-refractivity contribution is 0.0527. The van der Waals surface area contributed by atoms with Gasteiger partial charge in [-0.15, -0.1) is 11.3 Å². The van der Waals surface area contributed by atoms with E-state index in [-0.39, 0.29) is 24.8 Å². The van der Waals surface area contributed by atoms with E-state index < -0.39 is 11.9 Å². The number of hydrogen-bond acceptors (Lipinski definition) is 7. The fraction of sp³-hybridized carbons (Fsp3) is 0.409. The van der Waals surface area contributed by atoms with Gasteiger partial charge in [0.15, 0.2) is 5.11 Å². The summed E-state index contributed by atoms with van der Waals surface area (Å²) in [4.78, 5) is 25.1. The van der Waals surface area contributed by atoms with Gasteiger partial charge in [-0.3, -0.25) is 0 Å². The average Bonchev–Trinajstić information content (AvgIpc) is 3.04. The minimum Gasteiger partial charge on any atom is -0.494 e. The van der Waals surface area contributed by atoms with Gasteiger partial charge in [-0.1, -0.05) is 12.1 Å². The van der Waals surface area contributed by atoms with Crippen LogP contribution in [0.3, 0.4) is 0 Å². The molecule has 0 amide bonds. The number of rotatable bonds is 9. The van der Waals surface area contributed by atoms with Crippen molar-refractivity contribution in [3.8, 4) is 5.75 Å². The van der Waals surface area contributed by atoms with Crippen LogP contribution in [0.2, 0.25) is 0 Å². The van der Waals surface area contributed by atoms with E-state index in [1.165, 1.54) is 0 Å². The van der Waals surface area contributed by atoms with Gasteiger partial charge in [0.2, 0.25) is 0 Å². The van der Waals surface area contributed by atoms with Crippen LogP contribution in [0.25, 0.3) is 0 Å². The monoisotopic (exact) mass is 464 g/mol. The third-order valence-corrected chi connectivity index (χ3v) is 5.76. The van der Waals surface area contributed by atoms with Crippen LogP contribution in [0.4, 0.5) is 5.00 Å². The van der Waals surface area contributed by atoms with Gasteiger partial charge in [0, 0.05) is 0 Å². The topological polar surface area (TPSA) is 85.9 Å². The van der Waals surface area contributed by atoms with Crippen LogP contribution in [0.15, 0.2) is 24.3 Å². The van der Waals surface area contributed by atoms with Crippen molar-refractivity contribution in [2.24, 2.45) is 0 Å². The first-order valence-corrected chi connectivity index (χ1v) is 11.3. The van der Waals surface area contributed by atoms with E-state index in [0.29, 0.717) is 27.2 Å². The second kappa shape index (κ2) is 11.7. The van der Waals surface area contributed by atoms with Crippen molar-refractivity contribution >= 4 is 45.6 Å². The van der Waals surface area contributed by atoms with Crippen molar-refractivity contribution in [1.29, 1.82) is 0 Å². The maximum Gasteiger partial charge on any atom is 0.348 e. The van der Waals surface area contributed by atoms with E-state index in [1.807, 2.05) is 38.1 Å². The SMILES string of the molecule is CCOC(=O)c1sc(NC(=S)NC(C)c2ccc(OCC)cc2)c(C(=O)OCC)c1C. The van der Waals surface area contributed by atoms with Gasteiger partial charge in [0.1, 0.15) is 15.6 Å². The molecule has 7 nitrogen and oxygen atoms in total. The Morgan fingerprint density at radius 1 is 1.03 bits per heavy atom. The molecule has 0 aliphatic carbocycles. The highest BCUT2D eigenvalue weighted by Crippen LogP contribution is 2.34. The standard InChI is InChI=1S/C22H28N2O5S2/c1-6-27-16-11-9-15(10-12-16)14(5)23-22(30)24-19-17(20(25)28-7-2)13(4)18(31-19)21(26)29-8-3/h9-12,14H,6-8H2,1-5H3,(H2,23,24,30). The quantitative estimate of drug-likeness (QED) is 0.402. The first kappa shape index (κ1) is 24.6. The molecule has 1 aromatic heterocycles. The van der Waals surface area contributed by atoms with Crippen molar-refractivity contribution in [2.75, 3.05) is 25.1 Å². The van der Waals surface area contributed by atoms with Gasteiger partial charge in [-0.25, -0.2) is 9.59 Å². The molecular formula is C22H28N2O5S2. The second-order valence-corrected chi connectivity index (χ2v) is 7.95. The van der Waals surface area contributed by atoms with Gasteiger partial charge in [-0.05, 0) is 70.1 Å². The molecule has 1 atom stereocenters. The van der Waals surface area contributed by atoms with Gasteiger partial charge in [0.05, 0.1) is 31.4 Å². The van der Waals surface area contributed by atoms with Crippen LogP contribution in [0.1, 0.15) is 64.9 Å². The summed E-state index contributed by atoms with van der Waals surface area (Å²) in [5.41, 5.74) is 1.81. The van der Waals surface area contributed by atoms with Gasteiger partial charge in [-0.2, -0.15) is 0 Å². The molecule has 9 heteroatoms. The number of esters is 2. The van der Waals surface area contributed by atoms with Crippen LogP contribution in [-0.2, 0) is 9.47 Å². The molecule has 168 valence electrons. The smallest absolute Gasteiger partial charge is 0.348 e. The summed E-state index contributed by atoms with van der Waals surface area (Å²) in [6.45, 7) is 10.1. The zero-order valence-corrected chi connectivity index (χ0v) is 20.0. The van der Waals surface area contributed by atoms with E-state index in [2.05, 4.69) is 10.6 Å². The largest absolute Gasteiger partial charge is 0.494 e. The van der Waals surface area contributed by atoms with Crippen molar-refractivity contribution < 1.29 is 23.8 Å². The highest BCUT2D eigenvalue weighted by Gasteiger charge is 2.27. The third kappa shape index (κ3) is 6.41. The normalized spacial score (nSPS) is 11.4. The minimum absolute atomic E-state index is 0.0905. The minimum atomic E-state index is -0.517. The summed E-state index contributed by atoms with van der Waals surface area (Å²) in [6, 6.07) is 7.64. The average molecular weight is 465 g/mol. The summed E-state index contributed by atoms with van der Waals surface area (Å²) in [5.74, 6) is -0.194. The Kier molecular flexibility index (Phi) is 9.26. The van der Waals surface area contributed by atoms with Crippen molar-refractivity contribution in [2.45, 2.75) is 40.7 Å². The van der Waals surface area contributed by atoms with E-state index in [0.717, 1.165) is 22.6 Å². The predicted molar refractivity (Wildman–Crippen MR) is 126 cm³/mol. The maximum absolute atomic E-state index is 12.5. The molecule has 1 unspecified atom stereocenters. The summed E-state index contributed by atoms with van der Waals surface area (Å²) in [6.07, 6.45) is 0. The summed E-state index contributed by atoms with van der Waals surface area (Å²) in [5, 5.41) is 7.00. The zero-order valence-electron chi connectivity index (χ0n) is 18.4. The van der Waals surface area contributed by atoms with Crippen LogP contribution in [0.5, 0.6) is 5.75 Å². The Bertz CT molecular complexity index is 925. The molecule has 2 N–H and O–H groups in total. The lowest BCUT2D eigenvalue weighted by atomic mass is 10.1. The van der Waals surface area contributed by atoms with Crippen molar-refractivity contribution in [1.82, 2.24) is 5.32 Å². The third-order valence-electron chi connectivity index (χ3n) is 4.35. The van der Waals surface area contributed by atoms with E-state index in [9.17, 15) is 9.59 Å². The number of thiophene rings is 1. The second-order valence-electron chi connectivity index (χ2n) is 6.52. The fourth-order valence-corrected chi connectivity index (χ4v) is 4.32. The molecule has 0 radical (unpaired) electrons. The molecule has 2 aromatic rings. The predicted octanol–water partition coefficient (Wildman–Crippen LogP) is 4.86. The van der Waals surface area contributed by atoms with E-state index >= 15 is 0 Å². The van der Waals surface area contributed by atoms with Crippen LogP contribution in [-0.4, -0.2) is 36.9 Å². The maximum atomic E-state index is 12.5. The number of ether oxygens (including phenoxy) is 3. The molecule has 1 heterocycles. The van der Waals surface area contributed by atoms with Gasteiger partial charge in [0.25, 0.3) is 0 Å². The first-order chi connectivity index (χ1) is 14.8. The number of anilines is 1. The Balaban J connectivity index is 2.19. The molecule has 0 aliphatic heterocycles. The Hall–Kier alpha value is -2.65. The molecule has 1 aromatic carbocycles. The molecule has 2 rings (SSSR count). The zero-order chi connectivity index (χ0) is 23.0.